The Morgan fingerprint density at radius 2 is 1.94 bits per heavy atom. The molecule has 0 atom stereocenters. The molecule has 0 aliphatic carbocycles. The van der Waals surface area contributed by atoms with E-state index < -0.39 is 0 Å². The van der Waals surface area contributed by atoms with E-state index in [2.05, 4.69) is 0 Å². The highest BCUT2D eigenvalue weighted by Crippen LogP contribution is 2.25. The molecule has 1 amide bonds. The summed E-state index contributed by atoms with van der Waals surface area (Å²) in [6.45, 7) is 2.98. The van der Waals surface area contributed by atoms with Crippen LogP contribution in [0.2, 0.25) is 10.0 Å². The molecule has 0 unspecified atom stereocenters. The standard InChI is InChI=1S/C12H15Cl2NO2/c1-2-15(7-4-8-16)12(17)11-9(13)5-3-6-10(11)14/h3,5-6,16H,2,4,7-8H2,1H3. The molecule has 0 aliphatic heterocycles. The van der Waals surface area contributed by atoms with Crippen LogP contribution in [0.1, 0.15) is 23.7 Å². The van der Waals surface area contributed by atoms with Crippen molar-refractivity contribution >= 4 is 29.1 Å². The molecule has 0 saturated carbocycles. The number of aliphatic hydroxyl groups is 1. The highest BCUT2D eigenvalue weighted by atomic mass is 35.5. The normalized spacial score (nSPS) is 10.4. The van der Waals surface area contributed by atoms with Crippen molar-refractivity contribution in [2.24, 2.45) is 0 Å². The van der Waals surface area contributed by atoms with Gasteiger partial charge in [0.15, 0.2) is 0 Å². The lowest BCUT2D eigenvalue weighted by molar-refractivity contribution is 0.0754. The van der Waals surface area contributed by atoms with Gasteiger partial charge in [0, 0.05) is 19.7 Å². The third-order valence-electron chi connectivity index (χ3n) is 2.43. The van der Waals surface area contributed by atoms with Crippen LogP contribution in [0, 0.1) is 0 Å². The van der Waals surface area contributed by atoms with E-state index in [1.807, 2.05) is 6.92 Å². The molecule has 0 aromatic heterocycles. The molecule has 94 valence electrons. The Hall–Kier alpha value is -0.770. The number of rotatable bonds is 5. The minimum absolute atomic E-state index is 0.0556. The Morgan fingerprint density at radius 1 is 1.35 bits per heavy atom. The summed E-state index contributed by atoms with van der Waals surface area (Å²) in [5.41, 5.74) is 0.329. The predicted molar refractivity (Wildman–Crippen MR) is 69.7 cm³/mol. The molecule has 1 aromatic rings. The van der Waals surface area contributed by atoms with Crippen molar-refractivity contribution in [1.29, 1.82) is 0 Å². The number of hydrogen-bond donors (Lipinski definition) is 1. The first kappa shape index (κ1) is 14.3. The number of benzene rings is 1. The molecule has 1 aromatic carbocycles. The van der Waals surface area contributed by atoms with Gasteiger partial charge < -0.3 is 10.0 Å². The Labute approximate surface area is 111 Å². The van der Waals surface area contributed by atoms with Gasteiger partial charge in [0.25, 0.3) is 5.91 Å². The van der Waals surface area contributed by atoms with Gasteiger partial charge in [-0.3, -0.25) is 4.79 Å². The number of nitrogens with zero attached hydrogens (tertiary/aromatic N) is 1. The van der Waals surface area contributed by atoms with Crippen molar-refractivity contribution in [2.75, 3.05) is 19.7 Å². The zero-order valence-corrected chi connectivity index (χ0v) is 11.1. The topological polar surface area (TPSA) is 40.5 Å². The summed E-state index contributed by atoms with van der Waals surface area (Å²) < 4.78 is 0. The third kappa shape index (κ3) is 3.60. The molecule has 5 heteroatoms. The van der Waals surface area contributed by atoms with Crippen molar-refractivity contribution < 1.29 is 9.90 Å². The van der Waals surface area contributed by atoms with Gasteiger partial charge >= 0.3 is 0 Å². The van der Waals surface area contributed by atoms with Gasteiger partial charge in [-0.2, -0.15) is 0 Å². The molecule has 3 nitrogen and oxygen atoms in total. The van der Waals surface area contributed by atoms with E-state index in [1.165, 1.54) is 0 Å². The van der Waals surface area contributed by atoms with Gasteiger partial charge in [-0.1, -0.05) is 29.3 Å². The quantitative estimate of drug-likeness (QED) is 0.898. The largest absolute Gasteiger partial charge is 0.396 e. The van der Waals surface area contributed by atoms with Crippen LogP contribution < -0.4 is 0 Å². The molecular formula is C12H15Cl2NO2. The van der Waals surface area contributed by atoms with Crippen LogP contribution in [0.25, 0.3) is 0 Å². The minimum Gasteiger partial charge on any atom is -0.396 e. The Bertz CT molecular complexity index is 376. The van der Waals surface area contributed by atoms with Gasteiger partial charge in [0.2, 0.25) is 0 Å². The monoisotopic (exact) mass is 275 g/mol. The van der Waals surface area contributed by atoms with Gasteiger partial charge in [-0.15, -0.1) is 0 Å². The maximum atomic E-state index is 12.2. The molecule has 1 N–H and O–H groups in total. The molecule has 0 aliphatic rings. The fourth-order valence-corrected chi connectivity index (χ4v) is 2.08. The lowest BCUT2D eigenvalue weighted by atomic mass is 10.2. The Kier molecular flexibility index (Phi) is 5.75. The van der Waals surface area contributed by atoms with Gasteiger partial charge in [0.05, 0.1) is 15.6 Å². The van der Waals surface area contributed by atoms with E-state index in [4.69, 9.17) is 28.3 Å². The first-order chi connectivity index (χ1) is 8.11. The second kappa shape index (κ2) is 6.84. The summed E-state index contributed by atoms with van der Waals surface area (Å²) in [5, 5.41) is 9.49. The molecule has 0 bridgehead atoms. The fourth-order valence-electron chi connectivity index (χ4n) is 1.53. The molecular weight excluding hydrogens is 261 g/mol. The summed E-state index contributed by atoms with van der Waals surface area (Å²) in [7, 11) is 0. The van der Waals surface area contributed by atoms with Crippen LogP contribution in [0.15, 0.2) is 18.2 Å². The van der Waals surface area contributed by atoms with Gasteiger partial charge in [-0.05, 0) is 25.5 Å². The highest BCUT2D eigenvalue weighted by molar-refractivity contribution is 6.39. The van der Waals surface area contributed by atoms with Crippen LogP contribution in [0.5, 0.6) is 0 Å². The van der Waals surface area contributed by atoms with Crippen molar-refractivity contribution in [2.45, 2.75) is 13.3 Å². The summed E-state index contributed by atoms with van der Waals surface area (Å²) in [6.07, 6.45) is 0.543. The zero-order chi connectivity index (χ0) is 12.8. The maximum absolute atomic E-state index is 12.2. The number of hydrogen-bond acceptors (Lipinski definition) is 2. The number of halogens is 2. The summed E-state index contributed by atoms with van der Waals surface area (Å²) in [6, 6.07) is 4.98. The number of carbonyl (C=O) groups excluding carboxylic acids is 1. The average Bonchev–Trinajstić information content (AvgIpc) is 2.30. The predicted octanol–water partition coefficient (Wildman–Crippen LogP) is 2.84. The van der Waals surface area contributed by atoms with Crippen LogP contribution in [-0.2, 0) is 0 Å². The first-order valence-corrected chi connectivity index (χ1v) is 6.21. The number of aliphatic hydroxyl groups excluding tert-OH is 1. The van der Waals surface area contributed by atoms with Crippen molar-refractivity contribution in [3.63, 3.8) is 0 Å². The minimum atomic E-state index is -0.198. The molecule has 0 spiro atoms. The average molecular weight is 276 g/mol. The molecule has 17 heavy (non-hydrogen) atoms. The summed E-state index contributed by atoms with van der Waals surface area (Å²) >= 11 is 12.0. The van der Waals surface area contributed by atoms with Crippen LogP contribution in [-0.4, -0.2) is 35.6 Å². The molecule has 0 heterocycles. The third-order valence-corrected chi connectivity index (χ3v) is 3.06. The lowest BCUT2D eigenvalue weighted by Crippen LogP contribution is -2.32. The van der Waals surface area contributed by atoms with E-state index in [9.17, 15) is 4.79 Å². The summed E-state index contributed by atoms with van der Waals surface area (Å²) in [4.78, 5) is 13.8. The van der Waals surface area contributed by atoms with E-state index >= 15 is 0 Å². The summed E-state index contributed by atoms with van der Waals surface area (Å²) in [5.74, 6) is -0.198. The SMILES string of the molecule is CCN(CCCO)C(=O)c1c(Cl)cccc1Cl. The van der Waals surface area contributed by atoms with Crippen molar-refractivity contribution in [1.82, 2.24) is 4.90 Å². The smallest absolute Gasteiger partial charge is 0.256 e. The van der Waals surface area contributed by atoms with Crippen LogP contribution >= 0.6 is 23.2 Å². The zero-order valence-electron chi connectivity index (χ0n) is 9.62. The molecule has 0 fully saturated rings. The van der Waals surface area contributed by atoms with E-state index in [0.717, 1.165) is 0 Å². The van der Waals surface area contributed by atoms with Crippen LogP contribution in [0.3, 0.4) is 0 Å². The second-order valence-electron chi connectivity index (χ2n) is 3.56. The molecule has 0 radical (unpaired) electrons. The maximum Gasteiger partial charge on any atom is 0.256 e. The van der Waals surface area contributed by atoms with Crippen LogP contribution in [0.4, 0.5) is 0 Å². The Balaban J connectivity index is 2.93. The van der Waals surface area contributed by atoms with E-state index in [1.54, 1.807) is 23.1 Å². The molecule has 1 rings (SSSR count). The van der Waals surface area contributed by atoms with Gasteiger partial charge in [0.1, 0.15) is 0 Å². The second-order valence-corrected chi connectivity index (χ2v) is 4.37. The Morgan fingerprint density at radius 3 is 2.41 bits per heavy atom. The number of carbonyl (C=O) groups is 1. The van der Waals surface area contributed by atoms with Crippen molar-refractivity contribution in [3.05, 3.63) is 33.8 Å². The number of amides is 1. The fraction of sp³-hybridized carbons (Fsp3) is 0.417. The highest BCUT2D eigenvalue weighted by Gasteiger charge is 2.19. The first-order valence-electron chi connectivity index (χ1n) is 5.46. The molecule has 0 saturated heterocycles. The van der Waals surface area contributed by atoms with E-state index in [0.29, 0.717) is 35.1 Å². The van der Waals surface area contributed by atoms with Crippen molar-refractivity contribution in [3.8, 4) is 0 Å². The van der Waals surface area contributed by atoms with E-state index in [-0.39, 0.29) is 12.5 Å². The van der Waals surface area contributed by atoms with Gasteiger partial charge in [-0.25, -0.2) is 0 Å². The lowest BCUT2D eigenvalue weighted by Gasteiger charge is -2.21.